The van der Waals surface area contributed by atoms with Gasteiger partial charge in [0.05, 0.1) is 19.8 Å². The number of methoxy groups -OCH3 is 2. The molecule has 4 nitrogen and oxygen atoms in total. The monoisotopic (exact) mass is 200 g/mol. The van der Waals surface area contributed by atoms with E-state index < -0.39 is 5.97 Å². The molecule has 0 fully saturated rings. The predicted octanol–water partition coefficient (Wildman–Crippen LogP) is 1.75. The first kappa shape index (κ1) is 10.3. The Morgan fingerprint density at radius 3 is 2.50 bits per heavy atom. The first-order valence-electron chi connectivity index (χ1n) is 3.78. The molecule has 0 atom stereocenters. The Morgan fingerprint density at radius 1 is 1.29 bits per heavy atom. The van der Waals surface area contributed by atoms with E-state index >= 15 is 0 Å². The summed E-state index contributed by atoms with van der Waals surface area (Å²) in [5, 5.41) is 0. The number of halogens is 1. The molecule has 1 rings (SSSR count). The van der Waals surface area contributed by atoms with Gasteiger partial charge in [-0.05, 0) is 12.1 Å². The third-order valence-corrected chi connectivity index (χ3v) is 1.67. The molecule has 0 unspecified atom stereocenters. The Balaban J connectivity index is 3.07. The molecule has 1 aromatic rings. The van der Waals surface area contributed by atoms with Gasteiger partial charge in [-0.3, -0.25) is 4.94 Å². The third-order valence-electron chi connectivity index (χ3n) is 1.67. The van der Waals surface area contributed by atoms with Gasteiger partial charge in [-0.2, -0.15) is 0 Å². The van der Waals surface area contributed by atoms with E-state index in [1.165, 1.54) is 32.4 Å². The van der Waals surface area contributed by atoms with Crippen molar-refractivity contribution in [1.82, 2.24) is 0 Å². The fourth-order valence-electron chi connectivity index (χ4n) is 0.982. The average Bonchev–Trinajstić information content (AvgIpc) is 2.26. The number of hydrogen-bond acceptors (Lipinski definition) is 4. The maximum absolute atomic E-state index is 12.0. The Hall–Kier alpha value is -1.78. The zero-order chi connectivity index (χ0) is 10.6. The highest BCUT2D eigenvalue weighted by Crippen LogP contribution is 2.28. The van der Waals surface area contributed by atoms with Crippen LogP contribution in [0.1, 0.15) is 10.4 Å². The molecule has 76 valence electrons. The Bertz CT molecular complexity index is 338. The van der Waals surface area contributed by atoms with Crippen molar-refractivity contribution in [3.8, 4) is 11.5 Å². The normalized spacial score (nSPS) is 9.36. The SMILES string of the molecule is COC(=O)c1ccc(OC)c(OF)c1. The van der Waals surface area contributed by atoms with Crippen molar-refractivity contribution < 1.29 is 23.7 Å². The van der Waals surface area contributed by atoms with Crippen molar-refractivity contribution in [2.24, 2.45) is 0 Å². The Labute approximate surface area is 80.1 Å². The van der Waals surface area contributed by atoms with Crippen LogP contribution in [0.25, 0.3) is 0 Å². The van der Waals surface area contributed by atoms with Crippen LogP contribution in [0.15, 0.2) is 18.2 Å². The van der Waals surface area contributed by atoms with E-state index in [0.717, 1.165) is 0 Å². The second-order valence-electron chi connectivity index (χ2n) is 2.43. The van der Waals surface area contributed by atoms with Crippen LogP contribution in [0.2, 0.25) is 0 Å². The number of carbonyl (C=O) groups is 1. The summed E-state index contributed by atoms with van der Waals surface area (Å²) in [6.07, 6.45) is 0. The minimum Gasteiger partial charge on any atom is -0.493 e. The van der Waals surface area contributed by atoms with Crippen LogP contribution < -0.4 is 9.68 Å². The van der Waals surface area contributed by atoms with Gasteiger partial charge in [0.15, 0.2) is 5.75 Å². The molecule has 5 heteroatoms. The van der Waals surface area contributed by atoms with Gasteiger partial charge in [-0.25, -0.2) is 4.79 Å². The van der Waals surface area contributed by atoms with Gasteiger partial charge < -0.3 is 9.47 Å². The van der Waals surface area contributed by atoms with Crippen LogP contribution in [0.4, 0.5) is 4.53 Å². The van der Waals surface area contributed by atoms with Crippen LogP contribution in [0.3, 0.4) is 0 Å². The smallest absolute Gasteiger partial charge is 0.337 e. The van der Waals surface area contributed by atoms with Crippen LogP contribution in [-0.4, -0.2) is 20.2 Å². The molecule has 0 aliphatic heterocycles. The molecule has 0 N–H and O–H groups in total. The Morgan fingerprint density at radius 2 is 2.00 bits per heavy atom. The molecule has 0 bridgehead atoms. The zero-order valence-electron chi connectivity index (χ0n) is 7.74. The first-order valence-corrected chi connectivity index (χ1v) is 3.78. The van der Waals surface area contributed by atoms with Crippen LogP contribution in [0, 0.1) is 0 Å². The topological polar surface area (TPSA) is 44.8 Å². The second kappa shape index (κ2) is 4.45. The maximum Gasteiger partial charge on any atom is 0.337 e. The lowest BCUT2D eigenvalue weighted by Gasteiger charge is -2.05. The fraction of sp³-hybridized carbons (Fsp3) is 0.222. The van der Waals surface area contributed by atoms with E-state index in [1.54, 1.807) is 0 Å². The van der Waals surface area contributed by atoms with Crippen LogP contribution in [0.5, 0.6) is 11.5 Å². The molecule has 0 amide bonds. The molecule has 0 aliphatic carbocycles. The van der Waals surface area contributed by atoms with Crippen molar-refractivity contribution >= 4 is 5.97 Å². The lowest BCUT2D eigenvalue weighted by molar-refractivity contribution is -0.00910. The van der Waals surface area contributed by atoms with Crippen molar-refractivity contribution in [3.63, 3.8) is 0 Å². The lowest BCUT2D eigenvalue weighted by Crippen LogP contribution is -2.01. The van der Waals surface area contributed by atoms with Crippen molar-refractivity contribution in [2.45, 2.75) is 0 Å². The highest BCUT2D eigenvalue weighted by Gasteiger charge is 2.11. The molecule has 14 heavy (non-hydrogen) atoms. The van der Waals surface area contributed by atoms with Crippen molar-refractivity contribution in [1.29, 1.82) is 0 Å². The molecule has 0 aliphatic rings. The van der Waals surface area contributed by atoms with Crippen LogP contribution >= 0.6 is 0 Å². The second-order valence-corrected chi connectivity index (χ2v) is 2.43. The standard InChI is InChI=1S/C9H9FO4/c1-12-7-4-3-6(9(11)13-2)5-8(7)14-10/h3-5H,1-2H3. The van der Waals surface area contributed by atoms with E-state index in [9.17, 15) is 9.32 Å². The molecular weight excluding hydrogens is 191 g/mol. The number of benzene rings is 1. The Kier molecular flexibility index (Phi) is 3.28. The lowest BCUT2D eigenvalue weighted by atomic mass is 10.2. The summed E-state index contributed by atoms with van der Waals surface area (Å²) in [6, 6.07) is 4.07. The van der Waals surface area contributed by atoms with Crippen LogP contribution in [-0.2, 0) is 4.74 Å². The summed E-state index contributed by atoms with van der Waals surface area (Å²) in [4.78, 5) is 14.6. The van der Waals surface area contributed by atoms with Crippen molar-refractivity contribution in [3.05, 3.63) is 23.8 Å². The van der Waals surface area contributed by atoms with E-state index in [1.807, 2.05) is 0 Å². The summed E-state index contributed by atoms with van der Waals surface area (Å²) in [6.45, 7) is 0. The number of esters is 1. The quantitative estimate of drug-likeness (QED) is 0.697. The van der Waals surface area contributed by atoms with E-state index in [2.05, 4.69) is 9.68 Å². The average molecular weight is 200 g/mol. The molecule has 0 saturated carbocycles. The summed E-state index contributed by atoms with van der Waals surface area (Å²) in [5.74, 6) is -0.512. The number of hydrogen-bond donors (Lipinski definition) is 0. The minimum atomic E-state index is -0.564. The van der Waals surface area contributed by atoms with Gasteiger partial charge in [-0.15, -0.1) is 0 Å². The summed E-state index contributed by atoms with van der Waals surface area (Å²) in [7, 11) is 2.61. The molecule has 1 aromatic carbocycles. The molecular formula is C9H9FO4. The largest absolute Gasteiger partial charge is 0.493 e. The predicted molar refractivity (Wildman–Crippen MR) is 46.1 cm³/mol. The fourth-order valence-corrected chi connectivity index (χ4v) is 0.982. The van der Waals surface area contributed by atoms with Gasteiger partial charge in [-0.1, -0.05) is 0 Å². The van der Waals surface area contributed by atoms with E-state index in [4.69, 9.17) is 4.74 Å². The van der Waals surface area contributed by atoms with E-state index in [0.29, 0.717) is 0 Å². The van der Waals surface area contributed by atoms with Gasteiger partial charge in [0.1, 0.15) is 0 Å². The third kappa shape index (κ3) is 1.93. The van der Waals surface area contributed by atoms with Gasteiger partial charge in [0.25, 0.3) is 0 Å². The summed E-state index contributed by atoms with van der Waals surface area (Å²) >= 11 is 0. The zero-order valence-corrected chi connectivity index (χ0v) is 7.74. The minimum absolute atomic E-state index is 0.157. The molecule has 0 aromatic heterocycles. The van der Waals surface area contributed by atoms with E-state index in [-0.39, 0.29) is 17.1 Å². The van der Waals surface area contributed by atoms with Gasteiger partial charge >= 0.3 is 5.97 Å². The van der Waals surface area contributed by atoms with Gasteiger partial charge in [0.2, 0.25) is 5.75 Å². The molecule has 0 heterocycles. The molecule has 0 saturated heterocycles. The number of ether oxygens (including phenoxy) is 2. The maximum atomic E-state index is 12.0. The highest BCUT2D eigenvalue weighted by molar-refractivity contribution is 5.90. The summed E-state index contributed by atoms with van der Waals surface area (Å²) < 4.78 is 21.2. The first-order chi connectivity index (χ1) is 6.72. The number of carbonyl (C=O) groups excluding carboxylic acids is 1. The van der Waals surface area contributed by atoms with Gasteiger partial charge in [0, 0.05) is 10.6 Å². The highest BCUT2D eigenvalue weighted by atomic mass is 19.3. The summed E-state index contributed by atoms with van der Waals surface area (Å²) in [5.41, 5.74) is 0.195. The number of rotatable bonds is 3. The molecule has 0 spiro atoms. The van der Waals surface area contributed by atoms with Crippen molar-refractivity contribution in [2.75, 3.05) is 14.2 Å². The molecule has 0 radical (unpaired) electrons.